The topological polar surface area (TPSA) is 87.0 Å². The van der Waals surface area contributed by atoms with E-state index >= 15 is 0 Å². The van der Waals surface area contributed by atoms with Crippen molar-refractivity contribution in [2.75, 3.05) is 26.1 Å². The zero-order valence-corrected chi connectivity index (χ0v) is 21.5. The summed E-state index contributed by atoms with van der Waals surface area (Å²) in [5, 5.41) is 3.40. The number of ether oxygens (including phenoxy) is 3. The van der Waals surface area contributed by atoms with Gasteiger partial charge in [-0.3, -0.25) is 9.20 Å². The van der Waals surface area contributed by atoms with Crippen molar-refractivity contribution in [2.24, 2.45) is 5.41 Å². The zero-order chi connectivity index (χ0) is 24.1. The molecule has 9 heteroatoms. The first-order valence-corrected chi connectivity index (χ1v) is 12.4. The van der Waals surface area contributed by atoms with Crippen molar-refractivity contribution in [1.82, 2.24) is 14.4 Å². The minimum absolute atomic E-state index is 0.0659. The van der Waals surface area contributed by atoms with Crippen molar-refractivity contribution >= 4 is 33.2 Å². The Morgan fingerprint density at radius 2 is 2.03 bits per heavy atom. The molecule has 1 aromatic carbocycles. The quantitative estimate of drug-likeness (QED) is 0.285. The van der Waals surface area contributed by atoms with Gasteiger partial charge in [-0.1, -0.05) is 12.8 Å². The Morgan fingerprint density at radius 3 is 2.76 bits per heavy atom. The third-order valence-corrected chi connectivity index (χ3v) is 7.06. The SMILES string of the molecule is COc1ccc(CNc2nccn3c(CCCOC(=O)C4(C)CCCC4)nc(Br)c23)c(OC)c1. The van der Waals surface area contributed by atoms with Gasteiger partial charge in [0.15, 0.2) is 5.82 Å². The maximum atomic E-state index is 12.4. The number of nitrogens with one attached hydrogen (secondary N) is 1. The average molecular weight is 531 g/mol. The van der Waals surface area contributed by atoms with E-state index in [4.69, 9.17) is 14.2 Å². The number of nitrogens with zero attached hydrogens (tertiary/aromatic N) is 3. The summed E-state index contributed by atoms with van der Waals surface area (Å²) < 4.78 is 19.1. The van der Waals surface area contributed by atoms with Gasteiger partial charge >= 0.3 is 5.97 Å². The number of hydrogen-bond donors (Lipinski definition) is 1. The molecule has 182 valence electrons. The molecule has 2 aromatic heterocycles. The summed E-state index contributed by atoms with van der Waals surface area (Å²) in [6, 6.07) is 5.73. The first-order valence-electron chi connectivity index (χ1n) is 11.6. The molecule has 1 aliphatic rings. The molecule has 34 heavy (non-hydrogen) atoms. The molecular weight excluding hydrogens is 500 g/mol. The highest BCUT2D eigenvalue weighted by Crippen LogP contribution is 2.38. The molecule has 4 rings (SSSR count). The van der Waals surface area contributed by atoms with E-state index in [0.29, 0.717) is 31.8 Å². The third-order valence-electron chi connectivity index (χ3n) is 6.50. The lowest BCUT2D eigenvalue weighted by Gasteiger charge is -2.20. The van der Waals surface area contributed by atoms with Crippen LogP contribution in [0.5, 0.6) is 11.5 Å². The Labute approximate surface area is 208 Å². The second kappa shape index (κ2) is 10.6. The molecule has 0 aliphatic heterocycles. The van der Waals surface area contributed by atoms with Gasteiger partial charge in [-0.25, -0.2) is 9.97 Å². The van der Waals surface area contributed by atoms with Crippen molar-refractivity contribution in [3.63, 3.8) is 0 Å². The number of hydrogen-bond acceptors (Lipinski definition) is 7. The van der Waals surface area contributed by atoms with Crippen molar-refractivity contribution in [3.05, 3.63) is 46.6 Å². The number of halogens is 1. The van der Waals surface area contributed by atoms with Gasteiger partial charge in [-0.2, -0.15) is 0 Å². The Hall–Kier alpha value is -2.81. The normalized spacial score (nSPS) is 14.8. The molecule has 0 radical (unpaired) electrons. The van der Waals surface area contributed by atoms with Crippen molar-refractivity contribution in [1.29, 1.82) is 0 Å². The summed E-state index contributed by atoms with van der Waals surface area (Å²) >= 11 is 3.59. The summed E-state index contributed by atoms with van der Waals surface area (Å²) in [6.45, 7) is 2.94. The fraction of sp³-hybridized carbons (Fsp3) is 0.480. The highest BCUT2D eigenvalue weighted by atomic mass is 79.9. The number of imidazole rings is 1. The lowest BCUT2D eigenvalue weighted by atomic mass is 9.89. The summed E-state index contributed by atoms with van der Waals surface area (Å²) in [7, 11) is 3.27. The zero-order valence-electron chi connectivity index (χ0n) is 19.9. The van der Waals surface area contributed by atoms with E-state index in [-0.39, 0.29) is 11.4 Å². The monoisotopic (exact) mass is 530 g/mol. The van der Waals surface area contributed by atoms with Crippen LogP contribution in [0, 0.1) is 5.41 Å². The van der Waals surface area contributed by atoms with Crippen LogP contribution in [0.3, 0.4) is 0 Å². The number of anilines is 1. The number of aromatic nitrogens is 3. The fourth-order valence-electron chi connectivity index (χ4n) is 4.47. The molecule has 1 saturated carbocycles. The van der Waals surface area contributed by atoms with E-state index in [1.54, 1.807) is 20.4 Å². The second-order valence-electron chi connectivity index (χ2n) is 8.85. The first-order chi connectivity index (χ1) is 16.4. The molecule has 0 amide bonds. The number of benzene rings is 1. The van der Waals surface area contributed by atoms with Gasteiger partial charge < -0.3 is 19.5 Å². The molecule has 0 bridgehead atoms. The molecule has 0 unspecified atom stereocenters. The van der Waals surface area contributed by atoms with Crippen LogP contribution in [0.25, 0.3) is 5.52 Å². The molecule has 1 N–H and O–H groups in total. The Morgan fingerprint density at radius 1 is 1.24 bits per heavy atom. The Balaban J connectivity index is 1.41. The van der Waals surface area contributed by atoms with Gasteiger partial charge in [0, 0.05) is 37.0 Å². The molecule has 2 heterocycles. The number of carbonyl (C=O) groups excluding carboxylic acids is 1. The lowest BCUT2D eigenvalue weighted by molar-refractivity contribution is -0.154. The van der Waals surface area contributed by atoms with Gasteiger partial charge in [0.2, 0.25) is 0 Å². The molecule has 1 fully saturated rings. The molecule has 0 spiro atoms. The van der Waals surface area contributed by atoms with Crippen LogP contribution in [-0.2, 0) is 22.5 Å². The lowest BCUT2D eigenvalue weighted by Crippen LogP contribution is -2.27. The van der Waals surface area contributed by atoms with Gasteiger partial charge in [0.25, 0.3) is 0 Å². The van der Waals surface area contributed by atoms with Crippen molar-refractivity contribution in [2.45, 2.75) is 52.0 Å². The summed E-state index contributed by atoms with van der Waals surface area (Å²) in [5.74, 6) is 3.02. The van der Waals surface area contributed by atoms with Gasteiger partial charge in [0.05, 0.1) is 26.2 Å². The van der Waals surface area contributed by atoms with Crippen LogP contribution in [0.4, 0.5) is 5.82 Å². The minimum Gasteiger partial charge on any atom is -0.497 e. The highest BCUT2D eigenvalue weighted by molar-refractivity contribution is 9.10. The predicted octanol–water partition coefficient (Wildman–Crippen LogP) is 5.18. The van der Waals surface area contributed by atoms with E-state index in [2.05, 4.69) is 31.2 Å². The minimum atomic E-state index is -0.304. The highest BCUT2D eigenvalue weighted by Gasteiger charge is 2.37. The fourth-order valence-corrected chi connectivity index (χ4v) is 5.05. The maximum absolute atomic E-state index is 12.4. The van der Waals surface area contributed by atoms with Crippen LogP contribution >= 0.6 is 15.9 Å². The molecular formula is C25H31BrN4O4. The van der Waals surface area contributed by atoms with E-state index in [1.807, 2.05) is 35.7 Å². The maximum Gasteiger partial charge on any atom is 0.311 e. The molecule has 1 aliphatic carbocycles. The van der Waals surface area contributed by atoms with Crippen LogP contribution in [0.2, 0.25) is 0 Å². The predicted molar refractivity (Wildman–Crippen MR) is 133 cm³/mol. The summed E-state index contributed by atoms with van der Waals surface area (Å²) in [5.41, 5.74) is 1.54. The molecule has 0 saturated heterocycles. The average Bonchev–Trinajstić information content (AvgIpc) is 3.44. The van der Waals surface area contributed by atoms with E-state index in [1.165, 1.54) is 0 Å². The number of carbonyl (C=O) groups is 1. The number of fused-ring (bicyclic) bond motifs is 1. The number of esters is 1. The van der Waals surface area contributed by atoms with Crippen LogP contribution < -0.4 is 14.8 Å². The smallest absolute Gasteiger partial charge is 0.311 e. The van der Waals surface area contributed by atoms with Crippen LogP contribution in [0.1, 0.15) is 50.4 Å². The molecule has 8 nitrogen and oxygen atoms in total. The second-order valence-corrected chi connectivity index (χ2v) is 9.60. The molecule has 0 atom stereocenters. The number of rotatable bonds is 10. The van der Waals surface area contributed by atoms with Crippen LogP contribution in [-0.4, -0.2) is 41.2 Å². The Kier molecular flexibility index (Phi) is 7.60. The van der Waals surface area contributed by atoms with Gasteiger partial charge in [-0.05, 0) is 54.2 Å². The largest absolute Gasteiger partial charge is 0.497 e. The van der Waals surface area contributed by atoms with Crippen molar-refractivity contribution in [3.8, 4) is 11.5 Å². The standard InChI is InChI=1S/C25H31BrN4O4/c1-25(10-4-5-11-25)24(31)34-14-6-7-20-29-22(26)21-23(27-12-13-30(20)21)28-16-17-8-9-18(32-2)15-19(17)33-3/h8-9,12-13,15H,4-7,10-11,14,16H2,1-3H3,(H,27,28). The summed E-state index contributed by atoms with van der Waals surface area (Å²) in [6.07, 6.45) is 9.11. The van der Waals surface area contributed by atoms with E-state index < -0.39 is 0 Å². The Bertz CT molecular complexity index is 1160. The van der Waals surface area contributed by atoms with Gasteiger partial charge in [-0.15, -0.1) is 0 Å². The first kappa shape index (κ1) is 24.3. The van der Waals surface area contributed by atoms with Crippen LogP contribution in [0.15, 0.2) is 35.2 Å². The van der Waals surface area contributed by atoms with Crippen molar-refractivity contribution < 1.29 is 19.0 Å². The number of aryl methyl sites for hydroxylation is 1. The molecule has 3 aromatic rings. The summed E-state index contributed by atoms with van der Waals surface area (Å²) in [4.78, 5) is 21.6. The third kappa shape index (κ3) is 5.14. The van der Waals surface area contributed by atoms with E-state index in [0.717, 1.165) is 58.7 Å². The van der Waals surface area contributed by atoms with E-state index in [9.17, 15) is 4.79 Å². The van der Waals surface area contributed by atoms with Gasteiger partial charge in [0.1, 0.15) is 27.4 Å². The number of methoxy groups -OCH3 is 2.